The third-order valence-corrected chi connectivity index (χ3v) is 0.400. The summed E-state index contributed by atoms with van der Waals surface area (Å²) in [5.41, 5.74) is 0. The Labute approximate surface area is 41.2 Å². The molecule has 0 unspecified atom stereocenters. The molecule has 0 saturated heterocycles. The molecular formula is C3H3N4. The third kappa shape index (κ3) is 1.77. The van der Waals surface area contributed by atoms with E-state index in [4.69, 9.17) is 0 Å². The van der Waals surface area contributed by atoms with Gasteiger partial charge in [0.05, 0.1) is 0 Å². The predicted octanol–water partition coefficient (Wildman–Crippen LogP) is -0.609. The Morgan fingerprint density at radius 1 is 0.714 bits per heavy atom. The van der Waals surface area contributed by atoms with Crippen molar-refractivity contribution in [1.82, 2.24) is 21.1 Å². The van der Waals surface area contributed by atoms with Crippen LogP contribution < -0.4 is 6.15 Å². The fraction of sp³-hybridized carbons (Fsp3) is 0. The van der Waals surface area contributed by atoms with E-state index in [0.717, 1.165) is 0 Å². The molecular weight excluding hydrogens is 92.1 g/mol. The van der Waals surface area contributed by atoms with Crippen molar-refractivity contribution in [3.05, 3.63) is 19.0 Å². The summed E-state index contributed by atoms with van der Waals surface area (Å²) < 4.78 is 0. The zero-order valence-electron chi connectivity index (χ0n) is 3.52. The largest absolute Gasteiger partial charge is 0.225 e. The van der Waals surface area contributed by atoms with Gasteiger partial charge in [0.2, 0.25) is 0 Å². The van der Waals surface area contributed by atoms with E-state index >= 15 is 0 Å². The number of rotatable bonds is 0. The molecule has 1 aromatic rings. The lowest BCUT2D eigenvalue weighted by atomic mass is 11.1. The Bertz CT molecular complexity index is 78.9. The lowest BCUT2D eigenvalue weighted by molar-refractivity contribution is 1.05. The predicted molar refractivity (Wildman–Crippen MR) is 22.0 cm³/mol. The minimum absolute atomic E-state index is 0. The van der Waals surface area contributed by atoms with Gasteiger partial charge in [0.15, 0.2) is 0 Å². The molecule has 1 aromatic heterocycles. The van der Waals surface area contributed by atoms with Crippen molar-refractivity contribution >= 4 is 0 Å². The smallest absolute Gasteiger partial charge is 0.119 e. The van der Waals surface area contributed by atoms with Crippen LogP contribution in [0, 0.1) is 0 Å². The first-order chi connectivity index (χ1) is 3.00. The monoisotopic (exact) mass is 95.0 g/mol. The van der Waals surface area contributed by atoms with Crippen LogP contribution in [0.4, 0.5) is 0 Å². The van der Waals surface area contributed by atoms with E-state index < -0.39 is 0 Å². The van der Waals surface area contributed by atoms with Gasteiger partial charge in [-0.15, -0.1) is 0 Å². The lowest BCUT2D eigenvalue weighted by Gasteiger charge is -1.69. The highest BCUT2D eigenvalue weighted by Crippen LogP contribution is 1.57. The minimum Gasteiger partial charge on any atom is -0.225 e. The Morgan fingerprint density at radius 3 is 1.14 bits per heavy atom. The molecule has 0 amide bonds. The molecule has 35 valence electrons. The SMILES string of the molecule is [N].c1ncncn1. The highest BCUT2D eigenvalue weighted by molar-refractivity contribution is 4.51. The van der Waals surface area contributed by atoms with Crippen molar-refractivity contribution in [3.63, 3.8) is 0 Å². The second-order valence-corrected chi connectivity index (χ2v) is 0.794. The molecule has 0 spiro atoms. The average Bonchev–Trinajstić information content (AvgIpc) is 1.72. The highest BCUT2D eigenvalue weighted by atomic mass is 14.9. The van der Waals surface area contributed by atoms with Gasteiger partial charge in [-0.3, -0.25) is 0 Å². The normalized spacial score (nSPS) is 6.86. The molecule has 0 atom stereocenters. The van der Waals surface area contributed by atoms with Crippen LogP contribution in [0.1, 0.15) is 0 Å². The Hall–Kier alpha value is -1.03. The molecule has 0 N–H and O–H groups in total. The van der Waals surface area contributed by atoms with Gasteiger partial charge in [0, 0.05) is 6.15 Å². The molecule has 0 aliphatic heterocycles. The van der Waals surface area contributed by atoms with Gasteiger partial charge in [-0.25, -0.2) is 15.0 Å². The third-order valence-electron chi connectivity index (χ3n) is 0.400. The summed E-state index contributed by atoms with van der Waals surface area (Å²) in [5.74, 6) is 0. The van der Waals surface area contributed by atoms with Crippen molar-refractivity contribution in [2.45, 2.75) is 0 Å². The maximum atomic E-state index is 3.56. The van der Waals surface area contributed by atoms with E-state index in [0.29, 0.717) is 0 Å². The molecule has 0 fully saturated rings. The van der Waals surface area contributed by atoms with E-state index in [1.807, 2.05) is 0 Å². The van der Waals surface area contributed by atoms with Gasteiger partial charge in [-0.2, -0.15) is 0 Å². The van der Waals surface area contributed by atoms with Crippen molar-refractivity contribution < 1.29 is 0 Å². The summed E-state index contributed by atoms with van der Waals surface area (Å²) >= 11 is 0. The summed E-state index contributed by atoms with van der Waals surface area (Å²) in [4.78, 5) is 10.7. The van der Waals surface area contributed by atoms with Gasteiger partial charge < -0.3 is 0 Å². The molecule has 1 rings (SSSR count). The first kappa shape index (κ1) is 5.97. The molecule has 4 heteroatoms. The Morgan fingerprint density at radius 2 is 1.00 bits per heavy atom. The van der Waals surface area contributed by atoms with E-state index in [-0.39, 0.29) is 6.15 Å². The summed E-state index contributed by atoms with van der Waals surface area (Å²) in [7, 11) is 0. The van der Waals surface area contributed by atoms with Crippen LogP contribution in [-0.2, 0) is 0 Å². The molecule has 4 nitrogen and oxygen atoms in total. The molecule has 0 aromatic carbocycles. The Kier molecular flexibility index (Phi) is 2.70. The fourth-order valence-corrected chi connectivity index (χ4v) is 0.205. The molecule has 0 aliphatic carbocycles. The number of hydrogen-bond acceptors (Lipinski definition) is 3. The standard InChI is InChI=1S/C3H3N3.N/c1-4-2-6-3-5-1;/h1-3H;. The first-order valence-corrected chi connectivity index (χ1v) is 1.55. The number of hydrogen-bond donors (Lipinski definition) is 0. The van der Waals surface area contributed by atoms with Gasteiger partial charge in [0.25, 0.3) is 0 Å². The molecule has 7 heavy (non-hydrogen) atoms. The van der Waals surface area contributed by atoms with E-state index in [2.05, 4.69) is 15.0 Å². The first-order valence-electron chi connectivity index (χ1n) is 1.55. The van der Waals surface area contributed by atoms with Crippen molar-refractivity contribution in [2.24, 2.45) is 0 Å². The van der Waals surface area contributed by atoms with Crippen LogP contribution >= 0.6 is 0 Å². The highest BCUT2D eigenvalue weighted by Gasteiger charge is 1.59. The molecule has 3 radical (unpaired) electrons. The van der Waals surface area contributed by atoms with Gasteiger partial charge >= 0.3 is 0 Å². The van der Waals surface area contributed by atoms with Crippen molar-refractivity contribution in [2.75, 3.05) is 0 Å². The zero-order valence-corrected chi connectivity index (χ0v) is 3.52. The fourth-order valence-electron chi connectivity index (χ4n) is 0.205. The van der Waals surface area contributed by atoms with Crippen LogP contribution in [0.15, 0.2) is 19.0 Å². The Balaban J connectivity index is 0.000000360. The molecule has 0 saturated carbocycles. The summed E-state index contributed by atoms with van der Waals surface area (Å²) in [6, 6.07) is 0. The minimum atomic E-state index is 0. The number of nitrogens with zero attached hydrogens (tertiary/aromatic N) is 4. The summed E-state index contributed by atoms with van der Waals surface area (Å²) in [6.45, 7) is 0. The van der Waals surface area contributed by atoms with Gasteiger partial charge in [0.1, 0.15) is 19.0 Å². The molecule has 0 bridgehead atoms. The quantitative estimate of drug-likeness (QED) is 0.431. The van der Waals surface area contributed by atoms with Crippen LogP contribution in [0.5, 0.6) is 0 Å². The van der Waals surface area contributed by atoms with Crippen LogP contribution in [0.3, 0.4) is 0 Å². The van der Waals surface area contributed by atoms with Crippen LogP contribution in [0.25, 0.3) is 0 Å². The summed E-state index contributed by atoms with van der Waals surface area (Å²) in [5, 5.41) is 0. The van der Waals surface area contributed by atoms with Crippen LogP contribution in [0.2, 0.25) is 0 Å². The van der Waals surface area contributed by atoms with E-state index in [1.165, 1.54) is 19.0 Å². The maximum absolute atomic E-state index is 3.56. The second-order valence-electron chi connectivity index (χ2n) is 0.794. The van der Waals surface area contributed by atoms with E-state index in [9.17, 15) is 0 Å². The number of aromatic nitrogens is 3. The lowest BCUT2D eigenvalue weighted by Crippen LogP contribution is -1.73. The van der Waals surface area contributed by atoms with Gasteiger partial charge in [-0.1, -0.05) is 0 Å². The van der Waals surface area contributed by atoms with Gasteiger partial charge in [-0.05, 0) is 0 Å². The average molecular weight is 95.1 g/mol. The van der Waals surface area contributed by atoms with Crippen molar-refractivity contribution in [3.8, 4) is 0 Å². The zero-order chi connectivity index (χ0) is 4.24. The van der Waals surface area contributed by atoms with E-state index in [1.54, 1.807) is 0 Å². The topological polar surface area (TPSA) is 69.2 Å². The second kappa shape index (κ2) is 3.17. The summed E-state index contributed by atoms with van der Waals surface area (Å²) in [6.07, 6.45) is 4.31. The molecule has 1 heterocycles. The van der Waals surface area contributed by atoms with Crippen molar-refractivity contribution in [1.29, 1.82) is 0 Å². The maximum Gasteiger partial charge on any atom is 0.119 e. The van der Waals surface area contributed by atoms with Crippen LogP contribution in [-0.4, -0.2) is 15.0 Å². The molecule has 0 aliphatic rings.